The van der Waals surface area contributed by atoms with E-state index in [2.05, 4.69) is 0 Å². The molecular weight excluding hydrogens is 356 g/mol. The third-order valence-corrected chi connectivity index (χ3v) is 0. The molecule has 0 atom stereocenters. The van der Waals surface area contributed by atoms with Crippen molar-refractivity contribution in [2.75, 3.05) is 0 Å². The van der Waals surface area contributed by atoms with Crippen LogP contribution in [-0.2, 0) is 41.6 Å². The molecule has 0 bridgehead atoms. The van der Waals surface area contributed by atoms with Crippen LogP contribution in [0.1, 0.15) is 0 Å². The van der Waals surface area contributed by atoms with E-state index in [9.17, 15) is 0 Å². The van der Waals surface area contributed by atoms with Gasteiger partial charge in [0, 0.05) is 32.7 Å². The molecular formula is H7InO6Si2Y. The van der Waals surface area contributed by atoms with Gasteiger partial charge in [-0.05, 0) is 0 Å². The molecule has 0 aromatic rings. The summed E-state index contributed by atoms with van der Waals surface area (Å²) in [5.74, 6) is 0. The van der Waals surface area contributed by atoms with Gasteiger partial charge in [0.05, 0.1) is 0 Å². The van der Waals surface area contributed by atoms with Crippen molar-refractivity contribution in [3.63, 3.8) is 0 Å². The minimum atomic E-state index is -3.13. The van der Waals surface area contributed by atoms with Crippen LogP contribution in [0.5, 0.6) is 0 Å². The Morgan fingerprint density at radius 1 is 0.800 bits per heavy atom. The van der Waals surface area contributed by atoms with Gasteiger partial charge in [0.15, 0.2) is 0 Å². The van der Waals surface area contributed by atoms with Gasteiger partial charge in [-0.15, -0.1) is 0 Å². The standard InChI is InChI=1S/In.2H2O3Si.Y.3H/c;2*1-4(2)3;;;;/h;2*1-2H;;;;. The average Bonchev–Trinajstić information content (AvgIpc) is 1.25. The van der Waals surface area contributed by atoms with E-state index in [1.807, 2.05) is 0 Å². The molecule has 1 radical (unpaired) electrons. The molecule has 4 N–H and O–H groups in total. The molecule has 6 nitrogen and oxygen atoms in total. The molecule has 0 aromatic heterocycles. The smallest absolute Gasteiger partial charge is 0 e. The first-order valence-corrected chi connectivity index (χ1v) is 3.91. The molecule has 57 valence electrons. The Labute approximate surface area is 104 Å². The van der Waals surface area contributed by atoms with Crippen LogP contribution in [0.2, 0.25) is 0 Å². The molecule has 0 unspecified atom stereocenters. The molecule has 10 heavy (non-hydrogen) atoms. The molecule has 0 saturated heterocycles. The maximum atomic E-state index is 8.74. The summed E-state index contributed by atoms with van der Waals surface area (Å²) in [6.45, 7) is 0. The fraction of sp³-hybridized carbons (Fsp3) is 0. The van der Waals surface area contributed by atoms with Crippen LogP contribution in [-0.4, -0.2) is 63.4 Å². The Hall–Kier alpha value is 1.21. The van der Waals surface area contributed by atoms with Crippen LogP contribution >= 0.6 is 0 Å². The van der Waals surface area contributed by atoms with Crippen LogP contribution in [0.4, 0.5) is 0 Å². The van der Waals surface area contributed by atoms with Crippen LogP contribution in [0, 0.1) is 0 Å². The predicted octanol–water partition coefficient (Wildman–Crippen LogP) is -4.41. The SMILES string of the molecule is O=[Si](O)O.O=[Si](O)O.[InH3].[Y]. The molecule has 0 aliphatic heterocycles. The topological polar surface area (TPSA) is 115 Å². The normalized spacial score (nSPS) is 4.80. The van der Waals surface area contributed by atoms with E-state index in [4.69, 9.17) is 28.1 Å². The van der Waals surface area contributed by atoms with Crippen molar-refractivity contribution in [2.45, 2.75) is 0 Å². The second-order valence-corrected chi connectivity index (χ2v) is 1.70. The molecule has 0 rings (SSSR count). The maximum Gasteiger partial charge on any atom is 0 e. The molecule has 10 heteroatoms. The monoisotopic (exact) mass is 363 g/mol. The molecule has 0 saturated carbocycles. The van der Waals surface area contributed by atoms with Crippen molar-refractivity contribution in [2.24, 2.45) is 0 Å². The van der Waals surface area contributed by atoms with Gasteiger partial charge in [-0.2, -0.15) is 0 Å². The summed E-state index contributed by atoms with van der Waals surface area (Å²) in [7, 11) is -6.26. The Kier molecular flexibility index (Phi) is 37.4. The van der Waals surface area contributed by atoms with Crippen molar-refractivity contribution < 1.29 is 60.8 Å². The molecule has 0 heterocycles. The fourth-order valence-electron chi connectivity index (χ4n) is 0. The fourth-order valence-corrected chi connectivity index (χ4v) is 0. The zero-order valence-electron chi connectivity index (χ0n) is 4.18. The summed E-state index contributed by atoms with van der Waals surface area (Å²) in [5.41, 5.74) is 0. The van der Waals surface area contributed by atoms with Gasteiger partial charge in [-0.1, -0.05) is 0 Å². The summed E-state index contributed by atoms with van der Waals surface area (Å²) < 4.78 is 17.5. The van der Waals surface area contributed by atoms with Crippen molar-refractivity contribution >= 4 is 44.2 Å². The third-order valence-electron chi connectivity index (χ3n) is 0. The van der Waals surface area contributed by atoms with E-state index in [1.54, 1.807) is 0 Å². The Balaban J connectivity index is -0.0000000300. The van der Waals surface area contributed by atoms with E-state index in [-0.39, 0.29) is 58.6 Å². The van der Waals surface area contributed by atoms with Gasteiger partial charge in [-0.25, -0.2) is 0 Å². The van der Waals surface area contributed by atoms with Crippen LogP contribution < -0.4 is 0 Å². The maximum absolute atomic E-state index is 8.74. The van der Waals surface area contributed by atoms with Crippen molar-refractivity contribution in [3.05, 3.63) is 0 Å². The molecule has 0 aliphatic carbocycles. The zero-order chi connectivity index (χ0) is 7.15. The van der Waals surface area contributed by atoms with E-state index in [0.717, 1.165) is 0 Å². The number of rotatable bonds is 0. The predicted molar refractivity (Wildman–Crippen MR) is 31.7 cm³/mol. The Morgan fingerprint density at radius 2 is 0.800 bits per heavy atom. The first-order valence-electron chi connectivity index (χ1n) is 1.30. The van der Waals surface area contributed by atoms with Crippen molar-refractivity contribution in [1.82, 2.24) is 0 Å². The summed E-state index contributed by atoms with van der Waals surface area (Å²) >= 11 is 0. The summed E-state index contributed by atoms with van der Waals surface area (Å²) in [5, 5.41) is 0. The minimum Gasteiger partial charge on any atom is 0 e. The van der Waals surface area contributed by atoms with Gasteiger partial charge in [0.1, 0.15) is 0 Å². The minimum absolute atomic E-state index is 0. The van der Waals surface area contributed by atoms with Gasteiger partial charge in [-0.3, -0.25) is 8.92 Å². The quantitative estimate of drug-likeness (QED) is 0.323. The third kappa shape index (κ3) is 425. The first-order chi connectivity index (χ1) is 3.46. The van der Waals surface area contributed by atoms with Crippen LogP contribution in [0.15, 0.2) is 0 Å². The Bertz CT molecular complexity index is 73.7. The van der Waals surface area contributed by atoms with Gasteiger partial charge in [0.2, 0.25) is 0 Å². The molecule has 0 spiro atoms. The second-order valence-electron chi connectivity index (χ2n) is 0.565. The molecule has 0 aromatic carbocycles. The van der Waals surface area contributed by atoms with E-state index in [0.29, 0.717) is 0 Å². The molecule has 0 amide bonds. The van der Waals surface area contributed by atoms with Gasteiger partial charge in [0.25, 0.3) is 0 Å². The van der Waals surface area contributed by atoms with E-state index in [1.165, 1.54) is 0 Å². The van der Waals surface area contributed by atoms with Crippen molar-refractivity contribution in [3.8, 4) is 0 Å². The summed E-state index contributed by atoms with van der Waals surface area (Å²) in [4.78, 5) is 28.6. The zero-order valence-corrected chi connectivity index (χ0v) is 9.02. The summed E-state index contributed by atoms with van der Waals surface area (Å²) in [6.07, 6.45) is 0. The Morgan fingerprint density at radius 3 is 0.800 bits per heavy atom. The number of hydrogen-bond acceptors (Lipinski definition) is 2. The van der Waals surface area contributed by atoms with Crippen LogP contribution in [0.3, 0.4) is 0 Å². The van der Waals surface area contributed by atoms with Gasteiger partial charge >= 0.3 is 44.2 Å². The first kappa shape index (κ1) is 22.5. The van der Waals surface area contributed by atoms with Gasteiger partial charge < -0.3 is 19.2 Å². The average molecular weight is 363 g/mol. The van der Waals surface area contributed by atoms with Crippen molar-refractivity contribution in [1.29, 1.82) is 0 Å². The van der Waals surface area contributed by atoms with Crippen LogP contribution in [0.25, 0.3) is 0 Å². The number of hydrogen-bond donors (Lipinski definition) is 4. The molecule has 0 fully saturated rings. The largest absolute Gasteiger partial charge is 0 e. The molecule has 0 aliphatic rings. The van der Waals surface area contributed by atoms with E-state index < -0.39 is 18.3 Å². The second kappa shape index (κ2) is 16.7. The summed E-state index contributed by atoms with van der Waals surface area (Å²) in [6, 6.07) is 0. The van der Waals surface area contributed by atoms with E-state index >= 15 is 0 Å².